The van der Waals surface area contributed by atoms with Crippen molar-refractivity contribution >= 4 is 18.5 Å². The fraction of sp³-hybridized carbons (Fsp3) is 0.222. The Hall–Kier alpha value is -1.33. The zero-order valence-corrected chi connectivity index (χ0v) is 7.47. The van der Waals surface area contributed by atoms with Gasteiger partial charge in [-0.25, -0.2) is 0 Å². The van der Waals surface area contributed by atoms with Crippen molar-refractivity contribution in [2.45, 2.75) is 12.5 Å². The lowest BCUT2D eigenvalue weighted by atomic mass is 9.79. The summed E-state index contributed by atoms with van der Waals surface area (Å²) in [6.45, 7) is 0. The molecule has 0 bridgehead atoms. The van der Waals surface area contributed by atoms with Crippen LogP contribution in [-0.2, 0) is 4.79 Å². The van der Waals surface area contributed by atoms with Crippen LogP contribution in [0, 0.1) is 0 Å². The lowest BCUT2D eigenvalue weighted by Gasteiger charge is -2.27. The van der Waals surface area contributed by atoms with Crippen molar-refractivity contribution in [2.75, 3.05) is 0 Å². The molecule has 1 aliphatic heterocycles. The van der Waals surface area contributed by atoms with Gasteiger partial charge in [0, 0.05) is 0 Å². The van der Waals surface area contributed by atoms with Gasteiger partial charge in [0.15, 0.2) is 0 Å². The van der Waals surface area contributed by atoms with E-state index in [9.17, 15) is 4.79 Å². The van der Waals surface area contributed by atoms with Crippen LogP contribution in [0.15, 0.2) is 24.3 Å². The molecule has 2 rings (SSSR count). The summed E-state index contributed by atoms with van der Waals surface area (Å²) < 4.78 is 0. The number of benzene rings is 1. The van der Waals surface area contributed by atoms with E-state index in [1.165, 1.54) is 0 Å². The van der Waals surface area contributed by atoms with Crippen molar-refractivity contribution in [1.29, 1.82) is 0 Å². The summed E-state index contributed by atoms with van der Waals surface area (Å²) in [5.74, 6) is 0.0567. The zero-order valence-electron chi connectivity index (χ0n) is 7.47. The van der Waals surface area contributed by atoms with Gasteiger partial charge in [-0.1, -0.05) is 24.3 Å². The summed E-state index contributed by atoms with van der Waals surface area (Å²) in [6.07, 6.45) is 0.515. The smallest absolute Gasteiger partial charge is 0.423 e. The molecule has 72 valence electrons. The summed E-state index contributed by atoms with van der Waals surface area (Å²) in [5, 5.41) is 20.4. The molecular weight excluding hydrogens is 181 g/mol. The molecule has 1 aromatic rings. The van der Waals surface area contributed by atoms with Gasteiger partial charge in [0.25, 0.3) is 0 Å². The maximum atomic E-state index is 10.7. The molecule has 0 saturated carbocycles. The monoisotopic (exact) mass is 191 g/mol. The molecule has 4 nitrogen and oxygen atoms in total. The van der Waals surface area contributed by atoms with Crippen molar-refractivity contribution in [2.24, 2.45) is 0 Å². The third-order valence-electron chi connectivity index (χ3n) is 2.36. The number of hydrogen-bond acceptors (Lipinski definition) is 3. The minimum Gasteiger partial charge on any atom is -0.423 e. The zero-order chi connectivity index (χ0) is 10.1. The van der Waals surface area contributed by atoms with Crippen LogP contribution in [0.5, 0.6) is 0 Å². The van der Waals surface area contributed by atoms with Crippen LogP contribution >= 0.6 is 0 Å². The fourth-order valence-corrected chi connectivity index (χ4v) is 1.46. The Bertz CT molecular complexity index is 342. The van der Waals surface area contributed by atoms with E-state index in [-0.39, 0.29) is 11.9 Å². The molecule has 0 aromatic heterocycles. The van der Waals surface area contributed by atoms with Gasteiger partial charge in [-0.05, 0) is 11.0 Å². The Balaban J connectivity index is 2.10. The number of carbonyl (C=O) groups excluding carboxylic acids is 1. The molecule has 14 heavy (non-hydrogen) atoms. The third-order valence-corrected chi connectivity index (χ3v) is 2.36. The average molecular weight is 191 g/mol. The van der Waals surface area contributed by atoms with E-state index in [0.29, 0.717) is 11.9 Å². The van der Waals surface area contributed by atoms with Crippen LogP contribution in [0.25, 0.3) is 0 Å². The molecule has 0 aliphatic carbocycles. The predicted molar refractivity (Wildman–Crippen MR) is 51.8 cm³/mol. The second kappa shape index (κ2) is 3.44. The van der Waals surface area contributed by atoms with Crippen LogP contribution in [-0.4, -0.2) is 23.1 Å². The van der Waals surface area contributed by atoms with Gasteiger partial charge >= 0.3 is 7.12 Å². The van der Waals surface area contributed by atoms with Gasteiger partial charge in [0.05, 0.1) is 12.5 Å². The molecule has 1 aliphatic rings. The molecule has 1 saturated heterocycles. The Morgan fingerprint density at radius 1 is 1.29 bits per heavy atom. The fourth-order valence-electron chi connectivity index (χ4n) is 1.46. The Morgan fingerprint density at radius 2 is 1.86 bits per heavy atom. The number of carbonyl (C=O) groups is 1. The van der Waals surface area contributed by atoms with E-state index in [1.807, 2.05) is 0 Å². The highest BCUT2D eigenvalue weighted by Crippen LogP contribution is 2.22. The summed E-state index contributed by atoms with van der Waals surface area (Å²) in [6, 6.07) is 6.96. The number of amides is 1. The minimum absolute atomic E-state index is 0.0567. The van der Waals surface area contributed by atoms with E-state index in [1.54, 1.807) is 24.3 Å². The van der Waals surface area contributed by atoms with E-state index >= 15 is 0 Å². The van der Waals surface area contributed by atoms with Crippen molar-refractivity contribution in [1.82, 2.24) is 5.32 Å². The van der Waals surface area contributed by atoms with Crippen LogP contribution in [0.4, 0.5) is 0 Å². The maximum Gasteiger partial charge on any atom is 0.488 e. The number of β-lactam (4-membered cyclic amide) rings is 1. The Morgan fingerprint density at radius 3 is 2.29 bits per heavy atom. The van der Waals surface area contributed by atoms with Crippen LogP contribution in [0.2, 0.25) is 0 Å². The summed E-state index contributed by atoms with van der Waals surface area (Å²) in [7, 11) is -1.43. The SMILES string of the molecule is O=C1CC(c2ccc(B(O)O)cc2)N1. The maximum absolute atomic E-state index is 10.7. The average Bonchev–Trinajstić information content (AvgIpc) is 2.13. The Labute approximate surface area is 81.7 Å². The first-order valence-corrected chi connectivity index (χ1v) is 4.42. The molecule has 1 unspecified atom stereocenters. The summed E-state index contributed by atoms with van der Waals surface area (Å²) in [4.78, 5) is 10.7. The molecular formula is C9H10BNO3. The highest BCUT2D eigenvalue weighted by Gasteiger charge is 2.26. The first-order chi connectivity index (χ1) is 6.66. The highest BCUT2D eigenvalue weighted by molar-refractivity contribution is 6.58. The second-order valence-corrected chi connectivity index (χ2v) is 3.36. The van der Waals surface area contributed by atoms with Gasteiger partial charge in [0.1, 0.15) is 0 Å². The molecule has 5 heteroatoms. The quantitative estimate of drug-likeness (QED) is 0.411. The second-order valence-electron chi connectivity index (χ2n) is 3.36. The standard InChI is InChI=1S/C9H10BNO3/c12-9-5-8(11-9)6-1-3-7(4-2-6)10(13)14/h1-4,8,13-14H,5H2,(H,11,12). The number of hydrogen-bond donors (Lipinski definition) is 3. The van der Waals surface area contributed by atoms with Crippen LogP contribution < -0.4 is 10.8 Å². The van der Waals surface area contributed by atoms with Crippen molar-refractivity contribution in [3.8, 4) is 0 Å². The molecule has 1 atom stereocenters. The number of nitrogens with one attached hydrogen (secondary N) is 1. The predicted octanol–water partition coefficient (Wildman–Crippen LogP) is -1.07. The van der Waals surface area contributed by atoms with Gasteiger partial charge in [-0.15, -0.1) is 0 Å². The van der Waals surface area contributed by atoms with Crippen LogP contribution in [0.1, 0.15) is 18.0 Å². The Kier molecular flexibility index (Phi) is 2.27. The lowest BCUT2D eigenvalue weighted by molar-refractivity contribution is -0.128. The molecule has 3 N–H and O–H groups in total. The van der Waals surface area contributed by atoms with E-state index in [2.05, 4.69) is 5.32 Å². The minimum atomic E-state index is -1.43. The summed E-state index contributed by atoms with van der Waals surface area (Å²) >= 11 is 0. The molecule has 1 amide bonds. The molecule has 1 aromatic carbocycles. The van der Waals surface area contributed by atoms with Gasteiger partial charge < -0.3 is 15.4 Å². The van der Waals surface area contributed by atoms with E-state index in [4.69, 9.17) is 10.0 Å². The van der Waals surface area contributed by atoms with Gasteiger partial charge in [0.2, 0.25) is 5.91 Å². The van der Waals surface area contributed by atoms with E-state index < -0.39 is 7.12 Å². The highest BCUT2D eigenvalue weighted by atomic mass is 16.4. The molecule has 1 heterocycles. The van der Waals surface area contributed by atoms with E-state index in [0.717, 1.165) is 5.56 Å². The lowest BCUT2D eigenvalue weighted by Crippen LogP contribution is -2.41. The van der Waals surface area contributed by atoms with Crippen molar-refractivity contribution < 1.29 is 14.8 Å². The first kappa shape index (κ1) is 9.24. The van der Waals surface area contributed by atoms with Crippen molar-refractivity contribution in [3.63, 3.8) is 0 Å². The number of rotatable bonds is 2. The topological polar surface area (TPSA) is 69.6 Å². The molecule has 1 fully saturated rings. The van der Waals surface area contributed by atoms with Gasteiger partial charge in [-0.3, -0.25) is 4.79 Å². The molecule has 0 spiro atoms. The first-order valence-electron chi connectivity index (χ1n) is 4.42. The normalized spacial score (nSPS) is 19.9. The molecule has 0 radical (unpaired) electrons. The largest absolute Gasteiger partial charge is 0.488 e. The third kappa shape index (κ3) is 1.64. The van der Waals surface area contributed by atoms with Gasteiger partial charge in [-0.2, -0.15) is 0 Å². The van der Waals surface area contributed by atoms with Crippen LogP contribution in [0.3, 0.4) is 0 Å². The van der Waals surface area contributed by atoms with Crippen molar-refractivity contribution in [3.05, 3.63) is 29.8 Å². The summed E-state index contributed by atoms with van der Waals surface area (Å²) in [5.41, 5.74) is 1.45.